The van der Waals surface area contributed by atoms with Crippen LogP contribution >= 0.6 is 34.8 Å². The van der Waals surface area contributed by atoms with Gasteiger partial charge in [0.05, 0.1) is 22.2 Å². The molecule has 6 rings (SSSR count). The summed E-state index contributed by atoms with van der Waals surface area (Å²) in [7, 11) is 0. The molecule has 52 heavy (non-hydrogen) atoms. The van der Waals surface area contributed by atoms with Gasteiger partial charge in [-0.25, -0.2) is 0 Å². The van der Waals surface area contributed by atoms with Crippen LogP contribution in [0, 0.1) is 11.3 Å². The van der Waals surface area contributed by atoms with Crippen LogP contribution in [0.15, 0.2) is 85.2 Å². The van der Waals surface area contributed by atoms with Gasteiger partial charge in [-0.2, -0.15) is 10.2 Å². The third-order valence-corrected chi connectivity index (χ3v) is 9.73. The number of halogens is 3. The molecule has 9 nitrogen and oxygen atoms in total. The van der Waals surface area contributed by atoms with Gasteiger partial charge in [0, 0.05) is 65.4 Å². The first-order valence-corrected chi connectivity index (χ1v) is 18.2. The van der Waals surface area contributed by atoms with E-state index in [1.807, 2.05) is 66.7 Å². The number of hydrogen-bond donors (Lipinski definition) is 2. The van der Waals surface area contributed by atoms with Gasteiger partial charge in [-0.05, 0) is 55.8 Å². The summed E-state index contributed by atoms with van der Waals surface area (Å²) < 4.78 is 18.2. The molecule has 0 radical (unpaired) electrons. The molecular formula is C40H38Cl3N5O4. The lowest BCUT2D eigenvalue weighted by molar-refractivity contribution is 0.257. The number of aliphatic hydroxyl groups is 1. The first kappa shape index (κ1) is 37.4. The van der Waals surface area contributed by atoms with E-state index in [2.05, 4.69) is 21.3 Å². The van der Waals surface area contributed by atoms with E-state index in [1.165, 1.54) is 6.20 Å². The van der Waals surface area contributed by atoms with E-state index in [0.717, 1.165) is 70.6 Å². The van der Waals surface area contributed by atoms with Gasteiger partial charge in [-0.3, -0.25) is 9.88 Å². The fourth-order valence-electron chi connectivity index (χ4n) is 5.98. The highest BCUT2D eigenvalue weighted by atomic mass is 35.5. The summed E-state index contributed by atoms with van der Waals surface area (Å²) in [5.41, 5.74) is 6.15. The number of pyridine rings is 2. The predicted octanol–water partition coefficient (Wildman–Crippen LogP) is 8.36. The molecule has 12 heteroatoms. The summed E-state index contributed by atoms with van der Waals surface area (Å²) in [6, 6.07) is 25.1. The molecule has 1 saturated heterocycles. The Morgan fingerprint density at radius 1 is 0.788 bits per heavy atom. The van der Waals surface area contributed by atoms with Crippen molar-refractivity contribution in [1.82, 2.24) is 20.2 Å². The summed E-state index contributed by atoms with van der Waals surface area (Å²) in [5.74, 6) is 1.38. The van der Waals surface area contributed by atoms with Crippen LogP contribution in [0.25, 0.3) is 22.3 Å². The summed E-state index contributed by atoms with van der Waals surface area (Å²) in [6.45, 7) is 4.69. The van der Waals surface area contributed by atoms with Crippen LogP contribution in [0.2, 0.25) is 15.1 Å². The second kappa shape index (κ2) is 18.4. The van der Waals surface area contributed by atoms with Crippen LogP contribution in [0.3, 0.4) is 0 Å². The molecule has 1 aliphatic heterocycles. The van der Waals surface area contributed by atoms with Crippen molar-refractivity contribution in [2.45, 2.75) is 32.6 Å². The number of nitrogens with one attached hydrogen (secondary N) is 1. The zero-order chi connectivity index (χ0) is 36.3. The van der Waals surface area contributed by atoms with Gasteiger partial charge < -0.3 is 24.6 Å². The number of ether oxygens (including phenoxy) is 3. The minimum Gasteiger partial charge on any atom is -0.492 e. The van der Waals surface area contributed by atoms with Crippen LogP contribution in [0.5, 0.6) is 17.5 Å². The quantitative estimate of drug-likeness (QED) is 0.0959. The highest BCUT2D eigenvalue weighted by Gasteiger charge is 2.20. The molecule has 2 aromatic heterocycles. The number of hydrogen-bond acceptors (Lipinski definition) is 9. The van der Waals surface area contributed by atoms with Crippen molar-refractivity contribution in [2.24, 2.45) is 0 Å². The molecule has 0 amide bonds. The molecular weight excluding hydrogens is 721 g/mol. The molecule has 3 aromatic carbocycles. The number of likely N-dealkylation sites (tertiary alicyclic amines) is 1. The Morgan fingerprint density at radius 2 is 1.52 bits per heavy atom. The summed E-state index contributed by atoms with van der Waals surface area (Å²) in [6.07, 6.45) is 5.47. The lowest BCUT2D eigenvalue weighted by Gasteiger charge is -2.19. The molecule has 0 spiro atoms. The van der Waals surface area contributed by atoms with Gasteiger partial charge >= 0.3 is 0 Å². The van der Waals surface area contributed by atoms with Crippen LogP contribution < -0.4 is 19.5 Å². The second-order valence-electron chi connectivity index (χ2n) is 12.3. The van der Waals surface area contributed by atoms with Crippen molar-refractivity contribution in [3.63, 3.8) is 0 Å². The monoisotopic (exact) mass is 757 g/mol. The van der Waals surface area contributed by atoms with Crippen LogP contribution in [0.1, 0.15) is 35.1 Å². The van der Waals surface area contributed by atoms with Crippen LogP contribution in [-0.2, 0) is 19.8 Å². The third-order valence-electron chi connectivity index (χ3n) is 8.61. The molecule has 0 bridgehead atoms. The van der Waals surface area contributed by atoms with Crippen molar-refractivity contribution >= 4 is 34.8 Å². The Morgan fingerprint density at radius 3 is 2.29 bits per heavy atom. The van der Waals surface area contributed by atoms with Crippen molar-refractivity contribution in [3.05, 3.63) is 123 Å². The first-order chi connectivity index (χ1) is 25.4. The van der Waals surface area contributed by atoms with E-state index in [9.17, 15) is 5.26 Å². The molecule has 5 aromatic rings. The molecule has 1 fully saturated rings. The fraction of sp³-hybridized carbons (Fsp3) is 0.275. The van der Waals surface area contributed by atoms with Crippen molar-refractivity contribution in [2.75, 3.05) is 39.4 Å². The van der Waals surface area contributed by atoms with Crippen molar-refractivity contribution in [3.8, 4) is 45.8 Å². The highest BCUT2D eigenvalue weighted by Crippen LogP contribution is 2.41. The van der Waals surface area contributed by atoms with Gasteiger partial charge in [0.1, 0.15) is 36.7 Å². The van der Waals surface area contributed by atoms with Gasteiger partial charge in [-0.15, -0.1) is 0 Å². The maximum Gasteiger partial charge on any atom is 0.236 e. The third kappa shape index (κ3) is 9.52. The molecule has 0 aliphatic carbocycles. The Kier molecular flexibility index (Phi) is 13.2. The number of benzene rings is 3. The van der Waals surface area contributed by atoms with E-state index in [1.54, 1.807) is 12.3 Å². The molecule has 0 unspecified atom stereocenters. The van der Waals surface area contributed by atoms with Crippen molar-refractivity contribution < 1.29 is 19.3 Å². The van der Waals surface area contributed by atoms with E-state index in [0.29, 0.717) is 52.8 Å². The SMILES string of the molecule is N#Cc1cncc(COc2nc(OCc3cccc(-c4cccc(-c5ccc(OCCNCCO)cc5)c4Cl)c3Cl)c(Cl)cc2CN2CCCC2)c1. The number of rotatable bonds is 16. The average molecular weight is 759 g/mol. The smallest absolute Gasteiger partial charge is 0.236 e. The largest absolute Gasteiger partial charge is 0.492 e. The maximum atomic E-state index is 9.29. The lowest BCUT2D eigenvalue weighted by atomic mass is 9.97. The maximum absolute atomic E-state index is 9.29. The number of nitrogens with zero attached hydrogens (tertiary/aromatic N) is 4. The molecule has 1 aliphatic rings. The lowest BCUT2D eigenvalue weighted by Crippen LogP contribution is -2.23. The van der Waals surface area contributed by atoms with E-state index in [-0.39, 0.29) is 25.7 Å². The van der Waals surface area contributed by atoms with E-state index in [4.69, 9.17) is 59.1 Å². The average Bonchev–Trinajstić information content (AvgIpc) is 3.68. The normalized spacial score (nSPS) is 12.8. The molecule has 2 N–H and O–H groups in total. The molecule has 3 heterocycles. The minimum absolute atomic E-state index is 0.0933. The second-order valence-corrected chi connectivity index (χ2v) is 13.4. The molecule has 268 valence electrons. The Labute approximate surface area is 318 Å². The summed E-state index contributed by atoms with van der Waals surface area (Å²) in [4.78, 5) is 11.2. The van der Waals surface area contributed by atoms with Gasteiger partial charge in [0.25, 0.3) is 0 Å². The number of aliphatic hydroxyl groups excluding tert-OH is 1. The van der Waals surface area contributed by atoms with Crippen LogP contribution in [0.4, 0.5) is 0 Å². The van der Waals surface area contributed by atoms with Gasteiger partial charge in [0.2, 0.25) is 11.8 Å². The Hall–Kier alpha value is -4.40. The minimum atomic E-state index is 0.0933. The summed E-state index contributed by atoms with van der Waals surface area (Å²) in [5, 5.41) is 22.7. The fourth-order valence-corrected chi connectivity index (χ4v) is 6.83. The summed E-state index contributed by atoms with van der Waals surface area (Å²) >= 11 is 20.8. The number of nitriles is 1. The van der Waals surface area contributed by atoms with Crippen molar-refractivity contribution in [1.29, 1.82) is 5.26 Å². The predicted molar refractivity (Wildman–Crippen MR) is 204 cm³/mol. The zero-order valence-corrected chi connectivity index (χ0v) is 30.7. The van der Waals surface area contributed by atoms with E-state index >= 15 is 0 Å². The zero-order valence-electron chi connectivity index (χ0n) is 28.5. The van der Waals surface area contributed by atoms with Gasteiger partial charge in [0.15, 0.2) is 0 Å². The highest BCUT2D eigenvalue weighted by molar-refractivity contribution is 6.38. The Bertz CT molecular complexity index is 2020. The molecule has 0 saturated carbocycles. The van der Waals surface area contributed by atoms with Crippen LogP contribution in [-0.4, -0.2) is 59.4 Å². The Balaban J connectivity index is 1.19. The van der Waals surface area contributed by atoms with Gasteiger partial charge in [-0.1, -0.05) is 83.3 Å². The van der Waals surface area contributed by atoms with E-state index < -0.39 is 0 Å². The number of aromatic nitrogens is 2. The molecule has 0 atom stereocenters. The standard InChI is InChI=1S/C40H38Cl3N5O4/c41-36-20-31(24-48-15-1-2-16-48)39(51-25-28-19-27(21-44)22-46-23-28)47-40(36)52-26-30-5-3-7-34(37(30)42)35-8-4-6-33(38(35)43)29-9-11-32(12-10-29)50-18-14-45-13-17-49/h3-12,19-20,22-23,45,49H,1-2,13-18,24-26H2. The first-order valence-electron chi connectivity index (χ1n) is 17.1. The topological polar surface area (TPSA) is 113 Å².